The highest BCUT2D eigenvalue weighted by Gasteiger charge is 2.35. The maximum absolute atomic E-state index is 13.6. The normalized spacial score (nSPS) is 19.2. The maximum atomic E-state index is 13.6. The lowest BCUT2D eigenvalue weighted by Crippen LogP contribution is -2.15. The first kappa shape index (κ1) is 23.9. The molecule has 1 aliphatic heterocycles. The van der Waals surface area contributed by atoms with Crippen molar-refractivity contribution in [3.63, 3.8) is 0 Å². The molecule has 180 valence electrons. The molecule has 1 fully saturated rings. The number of carbonyl (C=O) groups is 1. The third-order valence-corrected chi connectivity index (χ3v) is 6.08. The first-order chi connectivity index (χ1) is 16.3. The Balaban J connectivity index is 1.53. The molecule has 0 saturated carbocycles. The van der Waals surface area contributed by atoms with Crippen molar-refractivity contribution in [2.24, 2.45) is 5.92 Å². The predicted octanol–water partition coefficient (Wildman–Crippen LogP) is 5.84. The second kappa shape index (κ2) is 9.97. The summed E-state index contributed by atoms with van der Waals surface area (Å²) in [6.07, 6.45) is -1.95. The van der Waals surface area contributed by atoms with E-state index in [-0.39, 0.29) is 35.2 Å². The summed E-state index contributed by atoms with van der Waals surface area (Å²) in [4.78, 5) is 15.0. The zero-order valence-electron chi connectivity index (χ0n) is 18.9. The summed E-state index contributed by atoms with van der Waals surface area (Å²) in [6.45, 7) is 4.37. The van der Waals surface area contributed by atoms with Crippen molar-refractivity contribution in [2.45, 2.75) is 51.4 Å². The van der Waals surface area contributed by atoms with Crippen molar-refractivity contribution < 1.29 is 27.2 Å². The highest BCUT2D eigenvalue weighted by Crippen LogP contribution is 2.39. The molecular formula is C25H26F3N3O3. The molecule has 0 aliphatic carbocycles. The Kier molecular flexibility index (Phi) is 7.02. The highest BCUT2D eigenvalue weighted by molar-refractivity contribution is 5.62. The molecule has 0 amide bonds. The summed E-state index contributed by atoms with van der Waals surface area (Å²) in [5.74, 6) is 0.393. The van der Waals surface area contributed by atoms with Crippen LogP contribution >= 0.6 is 0 Å². The molecule has 3 unspecified atom stereocenters. The van der Waals surface area contributed by atoms with Crippen LogP contribution in [0.4, 0.5) is 13.2 Å². The second-order valence-corrected chi connectivity index (χ2v) is 8.56. The molecule has 3 aromatic rings. The molecule has 9 heteroatoms. The van der Waals surface area contributed by atoms with Crippen LogP contribution in [0.2, 0.25) is 0 Å². The molecule has 3 atom stereocenters. The summed E-state index contributed by atoms with van der Waals surface area (Å²) in [7, 11) is 0. The number of rotatable bonds is 8. The van der Waals surface area contributed by atoms with Crippen LogP contribution in [0, 0.1) is 5.92 Å². The lowest BCUT2D eigenvalue weighted by Gasteiger charge is -2.18. The Morgan fingerprint density at radius 2 is 1.94 bits per heavy atom. The van der Waals surface area contributed by atoms with Gasteiger partial charge in [0.25, 0.3) is 5.89 Å². The number of benzene rings is 2. The van der Waals surface area contributed by atoms with E-state index in [2.05, 4.69) is 15.5 Å². The lowest BCUT2D eigenvalue weighted by atomic mass is 9.97. The molecule has 34 heavy (non-hydrogen) atoms. The van der Waals surface area contributed by atoms with Gasteiger partial charge in [0.15, 0.2) is 0 Å². The fourth-order valence-corrected chi connectivity index (χ4v) is 3.99. The monoisotopic (exact) mass is 473 g/mol. The zero-order chi connectivity index (χ0) is 24.3. The number of alkyl halides is 3. The SMILES string of the molecule is CCC(C)Oc1ccc(-c2nc(-c3ccc(C4CC(CC=O)CN4)cc3)no2)cc1C(F)(F)F. The Morgan fingerprint density at radius 3 is 2.62 bits per heavy atom. The van der Waals surface area contributed by atoms with Gasteiger partial charge in [-0.25, -0.2) is 0 Å². The smallest absolute Gasteiger partial charge is 0.419 e. The Bertz CT molecular complexity index is 1130. The molecule has 2 aromatic carbocycles. The molecule has 0 bridgehead atoms. The first-order valence-electron chi connectivity index (χ1n) is 11.3. The first-order valence-corrected chi connectivity index (χ1v) is 11.3. The van der Waals surface area contributed by atoms with Crippen LogP contribution in [0.3, 0.4) is 0 Å². The van der Waals surface area contributed by atoms with Crippen molar-refractivity contribution in [1.82, 2.24) is 15.5 Å². The van der Waals surface area contributed by atoms with Crippen LogP contribution < -0.4 is 10.1 Å². The van der Waals surface area contributed by atoms with Crippen LogP contribution in [0.5, 0.6) is 5.75 Å². The van der Waals surface area contributed by atoms with Gasteiger partial charge in [0, 0.05) is 23.6 Å². The Hall–Kier alpha value is -3.20. The standard InChI is InChI=1S/C25H26F3N3O3/c1-3-15(2)33-22-9-8-19(13-20(22)25(26,27)28)24-30-23(31-34-24)18-6-4-17(5-7-18)21-12-16(10-11-32)14-29-21/h4-9,11,13,15-16,21,29H,3,10,12,14H2,1-2H3. The van der Waals surface area contributed by atoms with Gasteiger partial charge in [-0.05, 0) is 56.0 Å². The molecular weight excluding hydrogens is 447 g/mol. The number of carbonyl (C=O) groups excluding carboxylic acids is 1. The van der Waals surface area contributed by atoms with E-state index in [0.29, 0.717) is 24.3 Å². The summed E-state index contributed by atoms with van der Waals surface area (Å²) in [5, 5.41) is 7.37. The molecule has 0 radical (unpaired) electrons. The van der Waals surface area contributed by atoms with Crippen molar-refractivity contribution in [1.29, 1.82) is 0 Å². The molecule has 6 nitrogen and oxygen atoms in total. The third kappa shape index (κ3) is 5.30. The van der Waals surface area contributed by atoms with Crippen molar-refractivity contribution in [3.05, 3.63) is 53.6 Å². The number of hydrogen-bond donors (Lipinski definition) is 1. The van der Waals surface area contributed by atoms with E-state index >= 15 is 0 Å². The van der Waals surface area contributed by atoms with Crippen LogP contribution in [-0.2, 0) is 11.0 Å². The minimum atomic E-state index is -4.59. The van der Waals surface area contributed by atoms with E-state index in [1.165, 1.54) is 12.1 Å². The summed E-state index contributed by atoms with van der Waals surface area (Å²) >= 11 is 0. The van der Waals surface area contributed by atoms with Crippen molar-refractivity contribution >= 4 is 6.29 Å². The largest absolute Gasteiger partial charge is 0.490 e. The topological polar surface area (TPSA) is 77.2 Å². The fraction of sp³-hybridized carbons (Fsp3) is 0.400. The van der Waals surface area contributed by atoms with Gasteiger partial charge in [0.2, 0.25) is 5.82 Å². The molecule has 1 saturated heterocycles. The lowest BCUT2D eigenvalue weighted by molar-refractivity contribution is -0.139. The van der Waals surface area contributed by atoms with Gasteiger partial charge < -0.3 is 19.4 Å². The molecule has 4 rings (SSSR count). The fourth-order valence-electron chi connectivity index (χ4n) is 3.99. The van der Waals surface area contributed by atoms with E-state index in [9.17, 15) is 18.0 Å². The number of ether oxygens (including phenoxy) is 1. The van der Waals surface area contributed by atoms with E-state index < -0.39 is 11.7 Å². The summed E-state index contributed by atoms with van der Waals surface area (Å²) in [6, 6.07) is 11.5. The maximum Gasteiger partial charge on any atom is 0.419 e. The minimum Gasteiger partial charge on any atom is -0.490 e. The van der Waals surface area contributed by atoms with Gasteiger partial charge in [-0.3, -0.25) is 0 Å². The number of hydrogen-bond acceptors (Lipinski definition) is 6. The average Bonchev–Trinajstić information content (AvgIpc) is 3.49. The van der Waals surface area contributed by atoms with Crippen molar-refractivity contribution in [2.75, 3.05) is 6.54 Å². The molecule has 0 spiro atoms. The van der Waals surface area contributed by atoms with Crippen molar-refractivity contribution in [3.8, 4) is 28.6 Å². The van der Waals surface area contributed by atoms with Gasteiger partial charge in [-0.15, -0.1) is 0 Å². The molecule has 1 aliphatic rings. The van der Waals surface area contributed by atoms with E-state index in [1.807, 2.05) is 31.2 Å². The van der Waals surface area contributed by atoms with Gasteiger partial charge in [-0.1, -0.05) is 36.3 Å². The molecule has 1 aromatic heterocycles. The third-order valence-electron chi connectivity index (χ3n) is 6.08. The van der Waals surface area contributed by atoms with E-state index in [0.717, 1.165) is 30.9 Å². The number of nitrogens with one attached hydrogen (secondary N) is 1. The number of halogens is 3. The van der Waals surface area contributed by atoms with E-state index in [1.54, 1.807) is 6.92 Å². The van der Waals surface area contributed by atoms with Crippen LogP contribution in [0.1, 0.15) is 50.3 Å². The summed E-state index contributed by atoms with van der Waals surface area (Å²) < 4.78 is 51.6. The van der Waals surface area contributed by atoms with E-state index in [4.69, 9.17) is 9.26 Å². The van der Waals surface area contributed by atoms with Crippen LogP contribution in [-0.4, -0.2) is 29.1 Å². The average molecular weight is 473 g/mol. The number of nitrogens with zero attached hydrogens (tertiary/aromatic N) is 2. The molecule has 1 N–H and O–H groups in total. The minimum absolute atomic E-state index is 0.00571. The second-order valence-electron chi connectivity index (χ2n) is 8.56. The zero-order valence-corrected chi connectivity index (χ0v) is 18.9. The summed E-state index contributed by atoms with van der Waals surface area (Å²) in [5.41, 5.74) is 1.06. The van der Waals surface area contributed by atoms with Gasteiger partial charge in [-0.2, -0.15) is 18.2 Å². The quantitative estimate of drug-likeness (QED) is 0.414. The Morgan fingerprint density at radius 1 is 1.21 bits per heavy atom. The van der Waals surface area contributed by atoms with Crippen LogP contribution in [0.25, 0.3) is 22.8 Å². The number of aldehydes is 1. The molecule has 2 heterocycles. The van der Waals surface area contributed by atoms with Gasteiger partial charge in [0.05, 0.1) is 11.7 Å². The van der Waals surface area contributed by atoms with Gasteiger partial charge in [0.1, 0.15) is 12.0 Å². The number of aromatic nitrogens is 2. The Labute approximate surface area is 195 Å². The van der Waals surface area contributed by atoms with Crippen LogP contribution in [0.15, 0.2) is 47.0 Å². The van der Waals surface area contributed by atoms with Gasteiger partial charge >= 0.3 is 6.18 Å². The predicted molar refractivity (Wildman–Crippen MR) is 120 cm³/mol. The highest BCUT2D eigenvalue weighted by atomic mass is 19.4.